The van der Waals surface area contributed by atoms with Crippen LogP contribution in [0, 0.1) is 0 Å². The lowest BCUT2D eigenvalue weighted by Crippen LogP contribution is -2.51. The van der Waals surface area contributed by atoms with Gasteiger partial charge in [-0.25, -0.2) is 4.79 Å². The Labute approximate surface area is 235 Å². The van der Waals surface area contributed by atoms with Crippen LogP contribution in [0.15, 0.2) is 91.0 Å². The van der Waals surface area contributed by atoms with E-state index < -0.39 is 25.8 Å². The first-order valence-electron chi connectivity index (χ1n) is 13.7. The molecule has 1 unspecified atom stereocenters. The summed E-state index contributed by atoms with van der Waals surface area (Å²) in [7, 11) is -1.54. The minimum Gasteiger partial charge on any atom is -0.508 e. The van der Waals surface area contributed by atoms with Crippen molar-refractivity contribution in [3.63, 3.8) is 0 Å². The van der Waals surface area contributed by atoms with E-state index in [1.54, 1.807) is 30.3 Å². The van der Waals surface area contributed by atoms with Gasteiger partial charge in [-0.05, 0) is 71.0 Å². The molecule has 1 saturated heterocycles. The average Bonchev–Trinajstić information content (AvgIpc) is 3.26. The molecule has 1 heterocycles. The van der Waals surface area contributed by atoms with E-state index in [9.17, 15) is 15.0 Å². The second kappa shape index (κ2) is 10.2. The van der Waals surface area contributed by atoms with E-state index in [1.807, 2.05) is 48.5 Å². The van der Waals surface area contributed by atoms with Gasteiger partial charge in [0, 0.05) is 12.0 Å². The first-order valence-corrected chi connectivity index (χ1v) is 16.6. The van der Waals surface area contributed by atoms with Gasteiger partial charge < -0.3 is 24.4 Å². The van der Waals surface area contributed by atoms with Crippen LogP contribution in [-0.4, -0.2) is 37.2 Å². The molecule has 0 spiro atoms. The normalized spacial score (nSPS) is 19.1. The fourth-order valence-corrected chi connectivity index (χ4v) is 7.86. The number of aromatic hydroxyl groups is 2. The summed E-state index contributed by atoms with van der Waals surface area (Å²) in [5.74, 6) is 0.691. The molecule has 4 aromatic carbocycles. The molecule has 0 bridgehead atoms. The fraction of sp³-hybridized carbons (Fsp3) is 0.242. The average molecular weight is 553 g/mol. The third-order valence-corrected chi connectivity index (χ3v) is 10.6. The maximum atomic E-state index is 13.5. The van der Waals surface area contributed by atoms with Gasteiger partial charge in [0.15, 0.2) is 5.41 Å². The Balaban J connectivity index is 1.54. The fourth-order valence-electron chi connectivity index (χ4n) is 6.29. The number of ether oxygens (including phenoxy) is 3. The number of hydrogen-bond donors (Lipinski definition) is 2. The Hall–Kier alpha value is -4.07. The summed E-state index contributed by atoms with van der Waals surface area (Å²) in [6, 6.07) is 28.0. The summed E-state index contributed by atoms with van der Waals surface area (Å²) >= 11 is 0. The van der Waals surface area contributed by atoms with Crippen molar-refractivity contribution < 1.29 is 29.2 Å². The van der Waals surface area contributed by atoms with Gasteiger partial charge in [-0.2, -0.15) is 0 Å². The highest BCUT2D eigenvalue weighted by Gasteiger charge is 2.49. The highest BCUT2D eigenvalue weighted by atomic mass is 28.3. The number of carbonyl (C=O) groups is 1. The highest BCUT2D eigenvalue weighted by molar-refractivity contribution is 6.58. The van der Waals surface area contributed by atoms with E-state index in [-0.39, 0.29) is 11.5 Å². The molecule has 6 rings (SSSR count). The molecule has 2 N–H and O–H groups in total. The molecule has 4 aromatic rings. The largest absolute Gasteiger partial charge is 0.516 e. The van der Waals surface area contributed by atoms with E-state index >= 15 is 0 Å². The van der Waals surface area contributed by atoms with E-state index in [0.29, 0.717) is 18.8 Å². The Morgan fingerprint density at radius 2 is 1.43 bits per heavy atom. The summed E-state index contributed by atoms with van der Waals surface area (Å²) in [5.41, 5.74) is 3.74. The molecule has 40 heavy (non-hydrogen) atoms. The monoisotopic (exact) mass is 552 g/mol. The van der Waals surface area contributed by atoms with E-state index in [0.717, 1.165) is 46.2 Å². The van der Waals surface area contributed by atoms with Crippen LogP contribution >= 0.6 is 0 Å². The van der Waals surface area contributed by atoms with Gasteiger partial charge in [-0.1, -0.05) is 73.8 Å². The molecule has 7 heteroatoms. The van der Waals surface area contributed by atoms with Crippen LogP contribution in [0.1, 0.15) is 41.5 Å². The van der Waals surface area contributed by atoms with Crippen molar-refractivity contribution in [2.24, 2.45) is 0 Å². The lowest BCUT2D eigenvalue weighted by Gasteiger charge is -2.39. The second-order valence-corrected chi connectivity index (χ2v) is 14.0. The van der Waals surface area contributed by atoms with Gasteiger partial charge in [0.2, 0.25) is 0 Å². The zero-order valence-electron chi connectivity index (χ0n) is 22.6. The summed E-state index contributed by atoms with van der Waals surface area (Å²) in [6.45, 7) is 4.81. The molecular weight excluding hydrogens is 520 g/mol. The van der Waals surface area contributed by atoms with Gasteiger partial charge in [0.25, 0.3) is 0 Å². The zero-order valence-corrected chi connectivity index (χ0v) is 23.7. The third-order valence-electron chi connectivity index (χ3n) is 8.22. The van der Waals surface area contributed by atoms with Crippen molar-refractivity contribution in [3.05, 3.63) is 113 Å². The topological polar surface area (TPSA) is 85.2 Å². The summed E-state index contributed by atoms with van der Waals surface area (Å²) in [4.78, 5) is 13.5. The molecule has 1 aliphatic heterocycles. The standard InChI is InChI=1S/C33H32O6Si/c1-40(2)32(20-5-6-21-37-32)39-31(36)38-29-11-7-9-27-26-8-3-4-10-28(26)33(30(27)29,22-12-16-24(34)17-13-22)23-14-18-25(35)19-15-23/h3-4,7-19,34-35,40H,5-6,20-21H2,1-2H3. The van der Waals surface area contributed by atoms with Crippen LogP contribution in [0.3, 0.4) is 0 Å². The van der Waals surface area contributed by atoms with Gasteiger partial charge in [0.05, 0.1) is 12.0 Å². The van der Waals surface area contributed by atoms with Crippen molar-refractivity contribution in [2.45, 2.75) is 43.2 Å². The van der Waals surface area contributed by atoms with Crippen LogP contribution in [0.4, 0.5) is 4.79 Å². The summed E-state index contributed by atoms with van der Waals surface area (Å²) < 4.78 is 18.2. The van der Waals surface area contributed by atoms with Gasteiger partial charge >= 0.3 is 6.16 Å². The quantitative estimate of drug-likeness (QED) is 0.140. The van der Waals surface area contributed by atoms with Gasteiger partial charge in [-0.15, -0.1) is 0 Å². The molecule has 1 atom stereocenters. The van der Waals surface area contributed by atoms with Crippen LogP contribution < -0.4 is 4.74 Å². The second-order valence-electron chi connectivity index (χ2n) is 10.8. The predicted molar refractivity (Wildman–Crippen MR) is 156 cm³/mol. The van der Waals surface area contributed by atoms with Gasteiger partial charge in [-0.3, -0.25) is 0 Å². The molecular formula is C33H32O6Si. The number of phenolic OH excluding ortho intramolecular Hbond substituents is 2. The molecule has 1 aliphatic carbocycles. The van der Waals surface area contributed by atoms with E-state index in [2.05, 4.69) is 25.2 Å². The van der Waals surface area contributed by atoms with Crippen molar-refractivity contribution in [1.29, 1.82) is 0 Å². The van der Waals surface area contributed by atoms with Crippen LogP contribution in [-0.2, 0) is 14.9 Å². The first kappa shape index (κ1) is 26.2. The first-order chi connectivity index (χ1) is 19.3. The zero-order chi connectivity index (χ0) is 27.9. The molecule has 1 fully saturated rings. The smallest absolute Gasteiger partial charge is 0.508 e. The molecule has 2 aliphatic rings. The summed E-state index contributed by atoms with van der Waals surface area (Å²) in [5, 5.41) is 20.3. The van der Waals surface area contributed by atoms with Crippen LogP contribution in [0.25, 0.3) is 11.1 Å². The Morgan fingerprint density at radius 1 is 0.800 bits per heavy atom. The Bertz CT molecular complexity index is 1490. The SMILES string of the molecule is C[SiH](C)C1(OC(=O)Oc2cccc3c2C(c2ccc(O)cc2)(c2ccc(O)cc2)c2ccccc2-3)CCCCO1. The lowest BCUT2D eigenvalue weighted by molar-refractivity contribution is -0.175. The lowest BCUT2D eigenvalue weighted by atomic mass is 9.67. The molecule has 0 saturated carbocycles. The number of phenols is 2. The van der Waals surface area contributed by atoms with Crippen molar-refractivity contribution >= 4 is 15.0 Å². The minimum absolute atomic E-state index is 0.153. The number of benzene rings is 4. The molecule has 0 aromatic heterocycles. The van der Waals surface area contributed by atoms with Crippen LogP contribution in [0.2, 0.25) is 13.1 Å². The van der Waals surface area contributed by atoms with Crippen molar-refractivity contribution in [3.8, 4) is 28.4 Å². The Kier molecular flexibility index (Phi) is 6.64. The van der Waals surface area contributed by atoms with Crippen molar-refractivity contribution in [1.82, 2.24) is 0 Å². The summed E-state index contributed by atoms with van der Waals surface area (Å²) in [6.07, 6.45) is 1.79. The number of fused-ring (bicyclic) bond motifs is 3. The van der Waals surface area contributed by atoms with Gasteiger partial charge in [0.1, 0.15) is 26.0 Å². The molecule has 0 amide bonds. The van der Waals surface area contributed by atoms with Crippen LogP contribution in [0.5, 0.6) is 17.2 Å². The number of hydrogen-bond acceptors (Lipinski definition) is 6. The maximum absolute atomic E-state index is 13.5. The number of rotatable bonds is 5. The molecule has 0 radical (unpaired) electrons. The molecule has 6 nitrogen and oxygen atoms in total. The van der Waals surface area contributed by atoms with Crippen molar-refractivity contribution in [2.75, 3.05) is 6.61 Å². The molecule has 204 valence electrons. The highest BCUT2D eigenvalue weighted by Crippen LogP contribution is 2.59. The van der Waals surface area contributed by atoms with E-state index in [4.69, 9.17) is 14.2 Å². The van der Waals surface area contributed by atoms with E-state index in [1.165, 1.54) is 0 Å². The minimum atomic E-state index is -1.54. The Morgan fingerprint density at radius 3 is 2.02 bits per heavy atom. The third kappa shape index (κ3) is 4.17. The number of carbonyl (C=O) groups excluding carboxylic acids is 1. The maximum Gasteiger partial charge on any atom is 0.516 e. The predicted octanol–water partition coefficient (Wildman–Crippen LogP) is 6.90.